The maximum Gasteiger partial charge on any atom is 0.128 e. The molecule has 0 aromatic heterocycles. The Hall–Kier alpha value is -1.03. The number of ether oxygens (including phenoxy) is 1. The lowest BCUT2D eigenvalue weighted by Crippen LogP contribution is -2.03. The molecule has 1 aromatic rings. The Kier molecular flexibility index (Phi) is 4.62. The van der Waals surface area contributed by atoms with Crippen LogP contribution in [-0.4, -0.2) is 31.9 Å². The second kappa shape index (κ2) is 5.75. The van der Waals surface area contributed by atoms with Gasteiger partial charge in [-0.25, -0.2) is 0 Å². The number of halogens is 1. The molecule has 0 fully saturated rings. The molecule has 4 heteroatoms. The third-order valence-corrected chi connectivity index (χ3v) is 2.19. The minimum Gasteiger partial charge on any atom is -0.493 e. The number of hydrogen-bond donors (Lipinski definition) is 0. The van der Waals surface area contributed by atoms with Crippen LogP contribution >= 0.6 is 15.9 Å². The summed E-state index contributed by atoms with van der Waals surface area (Å²) in [5.41, 5.74) is 0.972. The molecule has 0 amide bonds. The van der Waals surface area contributed by atoms with Gasteiger partial charge in [-0.15, -0.1) is 0 Å². The van der Waals surface area contributed by atoms with Gasteiger partial charge in [0.2, 0.25) is 0 Å². The van der Waals surface area contributed by atoms with Crippen LogP contribution in [0.5, 0.6) is 5.75 Å². The van der Waals surface area contributed by atoms with Crippen LogP contribution in [0.2, 0.25) is 0 Å². The van der Waals surface area contributed by atoms with Crippen LogP contribution in [0.1, 0.15) is 12.5 Å². The summed E-state index contributed by atoms with van der Waals surface area (Å²) in [5.74, 6) is 0.853. The molecule has 0 aliphatic carbocycles. The molecule has 0 heterocycles. The molecule has 0 N–H and O–H groups in total. The van der Waals surface area contributed by atoms with Crippen LogP contribution in [0.3, 0.4) is 0 Å². The summed E-state index contributed by atoms with van der Waals surface area (Å²) in [5, 5.41) is 5.93. The van der Waals surface area contributed by atoms with Crippen LogP contribution in [0.25, 0.3) is 0 Å². The largest absolute Gasteiger partial charge is 0.493 e. The summed E-state index contributed by atoms with van der Waals surface area (Å²) in [7, 11) is 3.77. The molecule has 0 saturated carbocycles. The van der Waals surface area contributed by atoms with Gasteiger partial charge in [-0.1, -0.05) is 15.9 Å². The monoisotopic (exact) mass is 270 g/mol. The summed E-state index contributed by atoms with van der Waals surface area (Å²) in [6, 6.07) is 5.88. The molecule has 3 nitrogen and oxygen atoms in total. The molecule has 1 aromatic carbocycles. The zero-order chi connectivity index (χ0) is 11.3. The van der Waals surface area contributed by atoms with Crippen LogP contribution in [0, 0.1) is 0 Å². The van der Waals surface area contributed by atoms with Gasteiger partial charge in [0.05, 0.1) is 12.8 Å². The predicted octanol–water partition coefficient (Wildman–Crippen LogP) is 2.74. The van der Waals surface area contributed by atoms with E-state index in [1.807, 2.05) is 39.2 Å². The fourth-order valence-electron chi connectivity index (χ4n) is 1.08. The van der Waals surface area contributed by atoms with Crippen molar-refractivity contribution in [2.24, 2.45) is 5.10 Å². The minimum absolute atomic E-state index is 0.657. The van der Waals surface area contributed by atoms with E-state index in [0.29, 0.717) is 6.61 Å². The van der Waals surface area contributed by atoms with Crippen molar-refractivity contribution < 1.29 is 4.74 Å². The molecule has 0 aliphatic rings. The van der Waals surface area contributed by atoms with Crippen molar-refractivity contribution >= 4 is 22.1 Å². The smallest absolute Gasteiger partial charge is 0.128 e. The molecule has 0 unspecified atom stereocenters. The average Bonchev–Trinajstić information content (AvgIpc) is 2.18. The Morgan fingerprint density at radius 2 is 2.20 bits per heavy atom. The van der Waals surface area contributed by atoms with Gasteiger partial charge in [-0.05, 0) is 25.1 Å². The summed E-state index contributed by atoms with van der Waals surface area (Å²) >= 11 is 3.42. The first-order valence-electron chi connectivity index (χ1n) is 4.77. The first-order valence-corrected chi connectivity index (χ1v) is 5.56. The standard InChI is InChI=1S/C11H15BrN2O/c1-4-15-11-6-5-10(12)7-9(11)8-13-14(2)3/h5-8H,4H2,1-3H3/b13-8+. The highest BCUT2D eigenvalue weighted by molar-refractivity contribution is 9.10. The molecule has 0 atom stereocenters. The predicted molar refractivity (Wildman–Crippen MR) is 66.6 cm³/mol. The van der Waals surface area contributed by atoms with Crippen molar-refractivity contribution in [3.05, 3.63) is 28.2 Å². The number of hydrogen-bond acceptors (Lipinski definition) is 3. The zero-order valence-corrected chi connectivity index (χ0v) is 10.8. The van der Waals surface area contributed by atoms with Gasteiger partial charge in [-0.3, -0.25) is 0 Å². The third kappa shape index (κ3) is 3.91. The summed E-state index contributed by atoms with van der Waals surface area (Å²) in [4.78, 5) is 0. The Balaban J connectivity index is 2.96. The van der Waals surface area contributed by atoms with E-state index in [1.165, 1.54) is 0 Å². The molecule has 0 saturated heterocycles. The molecular weight excluding hydrogens is 256 g/mol. The van der Waals surface area contributed by atoms with Crippen LogP contribution in [0.15, 0.2) is 27.8 Å². The lowest BCUT2D eigenvalue weighted by molar-refractivity contribution is 0.339. The van der Waals surface area contributed by atoms with Gasteiger partial charge in [0, 0.05) is 24.1 Å². The third-order valence-electron chi connectivity index (χ3n) is 1.70. The Labute approximate surface area is 98.9 Å². The van der Waals surface area contributed by atoms with Gasteiger partial charge in [-0.2, -0.15) is 5.10 Å². The van der Waals surface area contributed by atoms with E-state index in [0.717, 1.165) is 15.8 Å². The summed E-state index contributed by atoms with van der Waals surface area (Å²) in [6.07, 6.45) is 1.79. The zero-order valence-electron chi connectivity index (χ0n) is 9.20. The van der Waals surface area contributed by atoms with Crippen molar-refractivity contribution in [2.45, 2.75) is 6.92 Å². The minimum atomic E-state index is 0.657. The van der Waals surface area contributed by atoms with Crippen LogP contribution < -0.4 is 4.74 Å². The molecule has 82 valence electrons. The van der Waals surface area contributed by atoms with Crippen molar-refractivity contribution in [2.75, 3.05) is 20.7 Å². The highest BCUT2D eigenvalue weighted by Crippen LogP contribution is 2.21. The van der Waals surface area contributed by atoms with Crippen LogP contribution in [-0.2, 0) is 0 Å². The average molecular weight is 271 g/mol. The quantitative estimate of drug-likeness (QED) is 0.621. The summed E-state index contributed by atoms with van der Waals surface area (Å²) in [6.45, 7) is 2.62. The molecule has 0 radical (unpaired) electrons. The van der Waals surface area contributed by atoms with Gasteiger partial charge in [0.1, 0.15) is 5.75 Å². The molecule has 0 aliphatic heterocycles. The first-order chi connectivity index (χ1) is 7.13. The van der Waals surface area contributed by atoms with Gasteiger partial charge in [0.25, 0.3) is 0 Å². The number of rotatable bonds is 4. The second-order valence-corrected chi connectivity index (χ2v) is 4.12. The van der Waals surface area contributed by atoms with E-state index in [2.05, 4.69) is 21.0 Å². The lowest BCUT2D eigenvalue weighted by atomic mass is 10.2. The maximum atomic E-state index is 5.49. The fourth-order valence-corrected chi connectivity index (χ4v) is 1.46. The summed E-state index contributed by atoms with van der Waals surface area (Å²) < 4.78 is 6.51. The van der Waals surface area contributed by atoms with E-state index in [9.17, 15) is 0 Å². The van der Waals surface area contributed by atoms with E-state index < -0.39 is 0 Å². The highest BCUT2D eigenvalue weighted by atomic mass is 79.9. The Bertz CT molecular complexity index is 350. The fraction of sp³-hybridized carbons (Fsp3) is 0.364. The van der Waals surface area contributed by atoms with Crippen LogP contribution in [0.4, 0.5) is 0 Å². The number of hydrazone groups is 1. The Morgan fingerprint density at radius 3 is 2.80 bits per heavy atom. The van der Waals surface area contributed by atoms with Gasteiger partial charge < -0.3 is 9.75 Å². The van der Waals surface area contributed by atoms with E-state index in [4.69, 9.17) is 4.74 Å². The van der Waals surface area contributed by atoms with Crippen molar-refractivity contribution in [3.63, 3.8) is 0 Å². The van der Waals surface area contributed by atoms with E-state index in [1.54, 1.807) is 11.2 Å². The molecule has 0 bridgehead atoms. The molecular formula is C11H15BrN2O. The first kappa shape index (κ1) is 12.0. The van der Waals surface area contributed by atoms with Gasteiger partial charge in [0.15, 0.2) is 0 Å². The topological polar surface area (TPSA) is 24.8 Å². The highest BCUT2D eigenvalue weighted by Gasteiger charge is 2.01. The normalized spacial score (nSPS) is 10.7. The van der Waals surface area contributed by atoms with Gasteiger partial charge >= 0.3 is 0 Å². The SMILES string of the molecule is CCOc1ccc(Br)cc1/C=N/N(C)C. The van der Waals surface area contributed by atoms with Crippen molar-refractivity contribution in [3.8, 4) is 5.75 Å². The second-order valence-electron chi connectivity index (χ2n) is 3.21. The number of benzene rings is 1. The van der Waals surface area contributed by atoms with Crippen molar-refractivity contribution in [1.29, 1.82) is 0 Å². The number of nitrogens with zero attached hydrogens (tertiary/aromatic N) is 2. The molecule has 1 rings (SSSR count). The van der Waals surface area contributed by atoms with Crippen molar-refractivity contribution in [1.82, 2.24) is 5.01 Å². The molecule has 0 spiro atoms. The van der Waals surface area contributed by atoms with E-state index in [-0.39, 0.29) is 0 Å². The van der Waals surface area contributed by atoms with E-state index >= 15 is 0 Å². The molecule has 15 heavy (non-hydrogen) atoms. The Morgan fingerprint density at radius 1 is 1.47 bits per heavy atom. The maximum absolute atomic E-state index is 5.49. The lowest BCUT2D eigenvalue weighted by Gasteiger charge is -2.08.